The van der Waals surface area contributed by atoms with Gasteiger partial charge in [0, 0.05) is 13.0 Å². The highest BCUT2D eigenvalue weighted by Crippen LogP contribution is 2.14. The van der Waals surface area contributed by atoms with E-state index in [0.29, 0.717) is 13.0 Å². The molecule has 0 aromatic rings. The van der Waals surface area contributed by atoms with E-state index in [9.17, 15) is 9.90 Å². The zero-order valence-electron chi connectivity index (χ0n) is 37.6. The fourth-order valence-corrected chi connectivity index (χ4v) is 6.62. The van der Waals surface area contributed by atoms with Gasteiger partial charge in [-0.2, -0.15) is 0 Å². The smallest absolute Gasteiger partial charge is 0.306 e. The topological polar surface area (TPSA) is 55.8 Å². The molecule has 0 aliphatic heterocycles. The van der Waals surface area contributed by atoms with E-state index in [4.69, 9.17) is 9.47 Å². The van der Waals surface area contributed by atoms with Crippen LogP contribution in [0.3, 0.4) is 0 Å². The zero-order valence-corrected chi connectivity index (χ0v) is 37.6. The number of allylic oxidation sites excluding steroid dienone is 14. The van der Waals surface area contributed by atoms with Crippen LogP contribution in [-0.2, 0) is 14.3 Å². The Labute approximate surface area is 354 Å². The van der Waals surface area contributed by atoms with Crippen molar-refractivity contribution in [1.29, 1.82) is 0 Å². The number of carbonyl (C=O) groups excluding carboxylic acids is 1. The number of rotatable bonds is 44. The molecule has 0 aromatic carbocycles. The van der Waals surface area contributed by atoms with Crippen LogP contribution < -0.4 is 0 Å². The lowest BCUT2D eigenvalue weighted by atomic mass is 10.1. The van der Waals surface area contributed by atoms with Crippen LogP contribution in [0.2, 0.25) is 0 Å². The number of hydrogen-bond donors (Lipinski definition) is 1. The first-order valence-electron chi connectivity index (χ1n) is 24.2. The lowest BCUT2D eigenvalue weighted by molar-refractivity contribution is -0.154. The van der Waals surface area contributed by atoms with Crippen molar-refractivity contribution in [2.75, 3.05) is 19.8 Å². The summed E-state index contributed by atoms with van der Waals surface area (Å²) in [6, 6.07) is 0. The van der Waals surface area contributed by atoms with Gasteiger partial charge in [0.2, 0.25) is 0 Å². The van der Waals surface area contributed by atoms with Crippen LogP contribution >= 0.6 is 0 Å². The van der Waals surface area contributed by atoms with Crippen LogP contribution in [0.15, 0.2) is 85.1 Å². The second-order valence-corrected chi connectivity index (χ2v) is 15.8. The predicted octanol–water partition coefficient (Wildman–Crippen LogP) is 16.3. The van der Waals surface area contributed by atoms with Gasteiger partial charge in [0.15, 0.2) is 0 Å². The monoisotopic (exact) mass is 793 g/mol. The van der Waals surface area contributed by atoms with E-state index in [1.54, 1.807) is 0 Å². The number of aliphatic hydroxyl groups excluding tert-OH is 1. The van der Waals surface area contributed by atoms with Crippen molar-refractivity contribution in [3.05, 3.63) is 85.1 Å². The molecule has 0 amide bonds. The maximum atomic E-state index is 12.3. The van der Waals surface area contributed by atoms with Gasteiger partial charge in [-0.3, -0.25) is 4.79 Å². The Balaban J connectivity index is 3.50. The van der Waals surface area contributed by atoms with Gasteiger partial charge in [-0.1, -0.05) is 208 Å². The molecule has 0 saturated carbocycles. The highest BCUT2D eigenvalue weighted by molar-refractivity contribution is 5.69. The second kappa shape index (κ2) is 49.7. The average Bonchev–Trinajstić information content (AvgIpc) is 3.22. The lowest BCUT2D eigenvalue weighted by Gasteiger charge is -2.15. The van der Waals surface area contributed by atoms with Crippen LogP contribution in [0.25, 0.3) is 0 Å². The fourth-order valence-electron chi connectivity index (χ4n) is 6.62. The summed E-state index contributed by atoms with van der Waals surface area (Å²) in [5.41, 5.74) is 0. The summed E-state index contributed by atoms with van der Waals surface area (Å²) < 4.78 is 11.2. The SMILES string of the molecule is CC/C=C\C/C=C\C/C=C\C/C=C\C/C=C\C/C=C\CCCCCCCCC(=O)OC(CO)COCCCCCCCCCCCC/C=C\CCCCCCCC. The summed E-state index contributed by atoms with van der Waals surface area (Å²) in [6.45, 7) is 5.22. The first kappa shape index (κ1) is 54.6. The van der Waals surface area contributed by atoms with Crippen LogP contribution in [0.4, 0.5) is 0 Å². The number of esters is 1. The molecule has 1 atom stereocenters. The largest absolute Gasteiger partial charge is 0.457 e. The average molecular weight is 793 g/mol. The number of aliphatic hydroxyl groups is 1. The van der Waals surface area contributed by atoms with Gasteiger partial charge < -0.3 is 14.6 Å². The molecular formula is C53H92O4. The number of hydrogen-bond acceptors (Lipinski definition) is 4. The van der Waals surface area contributed by atoms with Crippen molar-refractivity contribution in [3.8, 4) is 0 Å². The van der Waals surface area contributed by atoms with Crippen LogP contribution in [0, 0.1) is 0 Å². The summed E-state index contributed by atoms with van der Waals surface area (Å²) in [6.07, 6.45) is 69.4. The molecule has 0 saturated heterocycles. The third-order valence-corrected chi connectivity index (χ3v) is 10.2. The van der Waals surface area contributed by atoms with Crippen LogP contribution in [0.5, 0.6) is 0 Å². The third-order valence-electron chi connectivity index (χ3n) is 10.2. The van der Waals surface area contributed by atoms with Crippen molar-refractivity contribution in [2.45, 2.75) is 225 Å². The van der Waals surface area contributed by atoms with Gasteiger partial charge in [0.25, 0.3) is 0 Å². The molecule has 0 bridgehead atoms. The second-order valence-electron chi connectivity index (χ2n) is 15.8. The molecule has 1 N–H and O–H groups in total. The summed E-state index contributed by atoms with van der Waals surface area (Å²) in [5, 5.41) is 9.64. The number of unbranched alkanes of at least 4 members (excludes halogenated alkanes) is 22. The number of carbonyl (C=O) groups is 1. The van der Waals surface area contributed by atoms with Gasteiger partial charge in [0.05, 0.1) is 13.2 Å². The van der Waals surface area contributed by atoms with E-state index in [0.717, 1.165) is 70.6 Å². The minimum atomic E-state index is -0.548. The van der Waals surface area contributed by atoms with E-state index < -0.39 is 6.10 Å². The van der Waals surface area contributed by atoms with Gasteiger partial charge in [-0.15, -0.1) is 0 Å². The summed E-state index contributed by atoms with van der Waals surface area (Å²) in [5.74, 6) is -0.217. The fraction of sp³-hybridized carbons (Fsp3) is 0.717. The highest BCUT2D eigenvalue weighted by Gasteiger charge is 2.13. The summed E-state index contributed by atoms with van der Waals surface area (Å²) in [7, 11) is 0. The molecule has 0 radical (unpaired) electrons. The molecule has 57 heavy (non-hydrogen) atoms. The van der Waals surface area contributed by atoms with E-state index in [1.165, 1.54) is 128 Å². The Morgan fingerprint density at radius 2 is 0.789 bits per heavy atom. The van der Waals surface area contributed by atoms with Crippen molar-refractivity contribution in [3.63, 3.8) is 0 Å². The molecule has 328 valence electrons. The molecule has 0 spiro atoms. The van der Waals surface area contributed by atoms with Crippen molar-refractivity contribution in [1.82, 2.24) is 0 Å². The Morgan fingerprint density at radius 1 is 0.439 bits per heavy atom. The maximum Gasteiger partial charge on any atom is 0.306 e. The van der Waals surface area contributed by atoms with Crippen molar-refractivity contribution < 1.29 is 19.4 Å². The Bertz CT molecular complexity index is 1020. The molecule has 0 aliphatic carbocycles. The Morgan fingerprint density at radius 3 is 1.21 bits per heavy atom. The molecule has 4 nitrogen and oxygen atoms in total. The number of ether oxygens (including phenoxy) is 2. The zero-order chi connectivity index (χ0) is 41.2. The molecule has 0 rings (SSSR count). The first-order chi connectivity index (χ1) is 28.2. The first-order valence-corrected chi connectivity index (χ1v) is 24.2. The molecular weight excluding hydrogens is 701 g/mol. The molecule has 0 fully saturated rings. The van der Waals surface area contributed by atoms with Crippen molar-refractivity contribution >= 4 is 5.97 Å². The standard InChI is InChI=1S/C53H92O4/c1-3-5-7-9-11-13-15-17-19-21-23-25-26-27-28-29-30-32-34-36-38-40-42-44-46-48-53(55)57-52(50-54)51-56-49-47-45-43-41-39-37-35-33-31-24-22-20-18-16-14-12-10-8-6-4-2/h5,7,11,13,17-20,23,25,27-28,30,32,52,54H,3-4,6,8-10,12,14-16,21-22,24,26,29,31,33-51H2,1-2H3/b7-5-,13-11-,19-17-,20-18-,25-23-,28-27-,32-30-. The molecule has 1 unspecified atom stereocenters. The minimum Gasteiger partial charge on any atom is -0.457 e. The van der Waals surface area contributed by atoms with E-state index >= 15 is 0 Å². The third kappa shape index (κ3) is 47.8. The van der Waals surface area contributed by atoms with Crippen LogP contribution in [0.1, 0.15) is 219 Å². The molecule has 0 heterocycles. The van der Waals surface area contributed by atoms with Gasteiger partial charge in [-0.05, 0) is 89.9 Å². The van der Waals surface area contributed by atoms with E-state index in [2.05, 4.69) is 98.9 Å². The lowest BCUT2D eigenvalue weighted by Crippen LogP contribution is -2.27. The molecule has 0 aromatic heterocycles. The van der Waals surface area contributed by atoms with Crippen LogP contribution in [-0.4, -0.2) is 37.0 Å². The van der Waals surface area contributed by atoms with Gasteiger partial charge in [0.1, 0.15) is 6.10 Å². The Hall–Kier alpha value is -2.43. The Kier molecular flexibility index (Phi) is 47.6. The summed E-state index contributed by atoms with van der Waals surface area (Å²) >= 11 is 0. The van der Waals surface area contributed by atoms with Gasteiger partial charge >= 0.3 is 5.97 Å². The van der Waals surface area contributed by atoms with Crippen molar-refractivity contribution in [2.24, 2.45) is 0 Å². The summed E-state index contributed by atoms with van der Waals surface area (Å²) in [4.78, 5) is 12.3. The highest BCUT2D eigenvalue weighted by atomic mass is 16.6. The maximum absolute atomic E-state index is 12.3. The molecule has 4 heteroatoms. The van der Waals surface area contributed by atoms with E-state index in [1.807, 2.05) is 0 Å². The van der Waals surface area contributed by atoms with Gasteiger partial charge in [-0.25, -0.2) is 0 Å². The minimum absolute atomic E-state index is 0.182. The molecule has 0 aliphatic rings. The normalized spacial score (nSPS) is 13.1. The predicted molar refractivity (Wildman–Crippen MR) is 251 cm³/mol. The van der Waals surface area contributed by atoms with E-state index in [-0.39, 0.29) is 19.2 Å². The quantitative estimate of drug-likeness (QED) is 0.0379.